The van der Waals surface area contributed by atoms with E-state index in [0.29, 0.717) is 29.3 Å². The van der Waals surface area contributed by atoms with Gasteiger partial charge in [-0.25, -0.2) is 0 Å². The van der Waals surface area contributed by atoms with Crippen LogP contribution in [0, 0.1) is 75.9 Å². The van der Waals surface area contributed by atoms with Crippen molar-refractivity contribution in [2.45, 2.75) is 238 Å². The van der Waals surface area contributed by atoms with Gasteiger partial charge < -0.3 is 0 Å². The monoisotopic (exact) mass is 743 g/mol. The predicted molar refractivity (Wildman–Crippen MR) is 225 cm³/mol. The van der Waals surface area contributed by atoms with E-state index in [0.717, 1.165) is 83.2 Å². The summed E-state index contributed by atoms with van der Waals surface area (Å²) < 4.78 is 0. The van der Waals surface area contributed by atoms with Gasteiger partial charge in [-0.1, -0.05) is 105 Å². The highest BCUT2D eigenvalue weighted by Crippen LogP contribution is 2.71. The van der Waals surface area contributed by atoms with Gasteiger partial charge in [0.25, 0.3) is 0 Å². The van der Waals surface area contributed by atoms with Crippen LogP contribution in [0.4, 0.5) is 0 Å². The number of rotatable bonds is 6. The normalized spacial score (nSPS) is 53.7. The summed E-state index contributed by atoms with van der Waals surface area (Å²) in [6.07, 6.45) is 41.9. The number of likely N-dealkylation sites (tertiary alicyclic amines) is 1. The van der Waals surface area contributed by atoms with E-state index in [2.05, 4.69) is 48.5 Å². The third-order valence-corrected chi connectivity index (χ3v) is 20.3. The molecule has 8 saturated carbocycles. The molecule has 4 nitrogen and oxygen atoms in total. The third-order valence-electron chi connectivity index (χ3n) is 20.3. The fraction of sp³-hybridized carbons (Fsp3) is 1.00. The Kier molecular flexibility index (Phi) is 10.9. The molecule has 2 heterocycles. The predicted octanol–water partition coefficient (Wildman–Crippen LogP) is 11.6. The zero-order valence-electron chi connectivity index (χ0n) is 35.9. The number of hydrogen-bond donors (Lipinski definition) is 3. The maximum Gasteiger partial charge on any atom is 0.0651 e. The minimum Gasteiger partial charge on any atom is -0.293 e. The largest absolute Gasteiger partial charge is 0.293 e. The summed E-state index contributed by atoms with van der Waals surface area (Å²) in [5, 5.41) is 13.3. The molecule has 0 spiro atoms. The van der Waals surface area contributed by atoms with Crippen molar-refractivity contribution >= 4 is 0 Å². The molecule has 10 aliphatic rings. The van der Waals surface area contributed by atoms with E-state index in [1.165, 1.54) is 103 Å². The topological polar surface area (TPSA) is 39.3 Å². The van der Waals surface area contributed by atoms with Crippen molar-refractivity contribution in [3.63, 3.8) is 0 Å². The highest BCUT2D eigenvalue weighted by atomic mass is 15.4. The van der Waals surface area contributed by atoms with Crippen LogP contribution in [0.25, 0.3) is 0 Å². The van der Waals surface area contributed by atoms with Gasteiger partial charge in [-0.05, 0) is 172 Å². The SMILES string of the molecule is CC1CCCC(C2NC(C3CCCCC3C)NC(C3(C)CCCC(N4C5CC(C6CCCCC6)CCC5C5(C6CC6)CCC6CCC(C)CC6C45)C3)N2)C1. The van der Waals surface area contributed by atoms with Gasteiger partial charge in [-0.2, -0.15) is 0 Å². The highest BCUT2D eigenvalue weighted by Gasteiger charge is 2.69. The molecule has 10 rings (SSSR count). The van der Waals surface area contributed by atoms with Gasteiger partial charge in [-0.15, -0.1) is 0 Å². The number of nitrogens with one attached hydrogen (secondary N) is 3. The van der Waals surface area contributed by atoms with Crippen LogP contribution in [-0.2, 0) is 0 Å². The lowest BCUT2D eigenvalue weighted by molar-refractivity contribution is -0.0748. The lowest BCUT2D eigenvalue weighted by Gasteiger charge is -2.58. The van der Waals surface area contributed by atoms with Crippen LogP contribution in [0.1, 0.15) is 201 Å². The Morgan fingerprint density at radius 2 is 1.28 bits per heavy atom. The first-order valence-electron chi connectivity index (χ1n) is 25.4. The number of nitrogens with zero attached hydrogens (tertiary/aromatic N) is 1. The minimum atomic E-state index is 0.311. The summed E-state index contributed by atoms with van der Waals surface area (Å²) in [4.78, 5) is 3.53. The lowest BCUT2D eigenvalue weighted by Crippen LogP contribution is -2.75. The first kappa shape index (κ1) is 38.1. The molecular weight excluding hydrogens is 657 g/mol. The Bertz CT molecular complexity index is 1270. The molecule has 0 aromatic heterocycles. The molecule has 10 fully saturated rings. The average Bonchev–Trinajstić information content (AvgIpc) is 4.01. The Balaban J connectivity index is 0.976. The van der Waals surface area contributed by atoms with Gasteiger partial charge in [-0.3, -0.25) is 20.9 Å². The van der Waals surface area contributed by atoms with E-state index < -0.39 is 0 Å². The van der Waals surface area contributed by atoms with E-state index in [4.69, 9.17) is 0 Å². The highest BCUT2D eigenvalue weighted by molar-refractivity contribution is 5.21. The molecule has 0 bridgehead atoms. The second kappa shape index (κ2) is 15.5. The van der Waals surface area contributed by atoms with Crippen LogP contribution in [0.2, 0.25) is 0 Å². The molecular formula is C50H86N4. The van der Waals surface area contributed by atoms with Gasteiger partial charge in [0.2, 0.25) is 0 Å². The van der Waals surface area contributed by atoms with Crippen molar-refractivity contribution in [1.29, 1.82) is 0 Å². The molecule has 0 radical (unpaired) electrons. The Hall–Kier alpha value is -0.160. The molecule has 0 aromatic carbocycles. The van der Waals surface area contributed by atoms with E-state index in [9.17, 15) is 0 Å². The van der Waals surface area contributed by atoms with Gasteiger partial charge in [0.05, 0.1) is 18.5 Å². The molecule has 54 heavy (non-hydrogen) atoms. The smallest absolute Gasteiger partial charge is 0.0651 e. The zero-order chi connectivity index (χ0) is 36.6. The van der Waals surface area contributed by atoms with Crippen LogP contribution < -0.4 is 16.0 Å². The van der Waals surface area contributed by atoms with Crippen molar-refractivity contribution in [2.75, 3.05) is 0 Å². The van der Waals surface area contributed by atoms with E-state index in [1.54, 1.807) is 70.6 Å². The molecule has 17 atom stereocenters. The number of fused-ring (bicyclic) bond motifs is 5. The van der Waals surface area contributed by atoms with Crippen molar-refractivity contribution < 1.29 is 0 Å². The van der Waals surface area contributed by atoms with Gasteiger partial charge in [0, 0.05) is 18.1 Å². The summed E-state index contributed by atoms with van der Waals surface area (Å²) in [6.45, 7) is 10.6. The van der Waals surface area contributed by atoms with Crippen LogP contribution in [-0.4, -0.2) is 41.5 Å². The van der Waals surface area contributed by atoms with Gasteiger partial charge >= 0.3 is 0 Å². The van der Waals surface area contributed by atoms with Crippen LogP contribution in [0.3, 0.4) is 0 Å². The van der Waals surface area contributed by atoms with E-state index in [-0.39, 0.29) is 0 Å². The quantitative estimate of drug-likeness (QED) is 0.253. The fourth-order valence-electron chi connectivity index (χ4n) is 17.6. The van der Waals surface area contributed by atoms with Crippen LogP contribution in [0.5, 0.6) is 0 Å². The van der Waals surface area contributed by atoms with Crippen molar-refractivity contribution in [3.05, 3.63) is 0 Å². The van der Waals surface area contributed by atoms with E-state index >= 15 is 0 Å². The first-order valence-corrected chi connectivity index (χ1v) is 25.4. The molecule has 306 valence electrons. The van der Waals surface area contributed by atoms with Crippen molar-refractivity contribution in [3.8, 4) is 0 Å². The second-order valence-electron chi connectivity index (χ2n) is 23.6. The Labute approximate surface area is 333 Å². The zero-order valence-corrected chi connectivity index (χ0v) is 35.9. The molecule has 2 aliphatic heterocycles. The molecule has 0 amide bonds. The molecule has 2 saturated heterocycles. The van der Waals surface area contributed by atoms with Crippen molar-refractivity contribution in [1.82, 2.24) is 20.9 Å². The molecule has 8 aliphatic carbocycles. The van der Waals surface area contributed by atoms with Gasteiger partial charge in [0.1, 0.15) is 0 Å². The Morgan fingerprint density at radius 3 is 2.09 bits per heavy atom. The molecule has 0 aromatic rings. The Morgan fingerprint density at radius 1 is 0.519 bits per heavy atom. The van der Waals surface area contributed by atoms with Crippen molar-refractivity contribution in [2.24, 2.45) is 75.9 Å². The number of hydrogen-bond acceptors (Lipinski definition) is 4. The molecule has 3 N–H and O–H groups in total. The maximum absolute atomic E-state index is 4.46. The van der Waals surface area contributed by atoms with Crippen LogP contribution in [0.15, 0.2) is 0 Å². The molecule has 4 heteroatoms. The lowest BCUT2D eigenvalue weighted by atomic mass is 9.51. The minimum absolute atomic E-state index is 0.311. The summed E-state index contributed by atoms with van der Waals surface area (Å²) in [5.74, 6) is 10.4. The summed E-state index contributed by atoms with van der Waals surface area (Å²) in [6, 6.07) is 2.59. The second-order valence-corrected chi connectivity index (χ2v) is 23.6. The third kappa shape index (κ3) is 6.85. The molecule has 17 unspecified atom stereocenters. The summed E-state index contributed by atoms with van der Waals surface area (Å²) >= 11 is 0. The van der Waals surface area contributed by atoms with Crippen LogP contribution >= 0.6 is 0 Å². The fourth-order valence-corrected chi connectivity index (χ4v) is 17.6. The van der Waals surface area contributed by atoms with Gasteiger partial charge in [0.15, 0.2) is 0 Å². The first-order chi connectivity index (χ1) is 26.3. The van der Waals surface area contributed by atoms with E-state index in [1.807, 2.05) is 0 Å². The average molecular weight is 743 g/mol. The maximum atomic E-state index is 4.46. The summed E-state index contributed by atoms with van der Waals surface area (Å²) in [5.41, 5.74) is 0.968. The standard InChI is InChI=1S/C50H86N4/c1-32-12-10-16-38(28-32)46-51-47(41-18-9-8-13-34(41)3)53-48(52-46)49(4)26-11-17-40(31-49)54-44-30-37(35-14-6-5-7-15-35)21-24-43(44)50(39-22-23-39)27-25-36-20-19-33(2)29-42(36)45(50)54/h32-48,51-53H,5-31H2,1-4H3. The summed E-state index contributed by atoms with van der Waals surface area (Å²) in [7, 11) is 0.